The number of benzene rings is 1. The topological polar surface area (TPSA) is 113 Å². The number of imidazole rings is 1. The zero-order chi connectivity index (χ0) is 22.3. The Morgan fingerprint density at radius 1 is 1.12 bits per heavy atom. The summed E-state index contributed by atoms with van der Waals surface area (Å²) >= 11 is 0. The zero-order valence-electron chi connectivity index (χ0n) is 17.3. The molecule has 0 radical (unpaired) electrons. The van der Waals surface area contributed by atoms with Crippen LogP contribution in [0.2, 0.25) is 0 Å². The number of hydrogen-bond donors (Lipinski definition) is 2. The van der Waals surface area contributed by atoms with E-state index in [9.17, 15) is 18.3 Å². The van der Waals surface area contributed by atoms with Crippen molar-refractivity contribution in [3.8, 4) is 0 Å². The predicted molar refractivity (Wildman–Crippen MR) is 115 cm³/mol. The van der Waals surface area contributed by atoms with E-state index < -0.39 is 16.1 Å². The van der Waals surface area contributed by atoms with E-state index in [1.807, 2.05) is 0 Å². The fourth-order valence-corrected chi connectivity index (χ4v) is 6.29. The quantitative estimate of drug-likeness (QED) is 0.596. The largest absolute Gasteiger partial charge is 0.393 e. The number of piperidine rings is 1. The number of pyridine rings is 1. The molecule has 2 aliphatic heterocycles. The van der Waals surface area contributed by atoms with Gasteiger partial charge in [0.1, 0.15) is 5.65 Å². The third-order valence-corrected chi connectivity index (χ3v) is 8.05. The summed E-state index contributed by atoms with van der Waals surface area (Å²) in [7, 11) is -3.70. The predicted octanol–water partition coefficient (Wildman–Crippen LogP) is 1.18. The number of fused-ring (bicyclic) bond motifs is 3. The molecule has 168 valence electrons. The standard InChI is InChI=1S/C22H24N4O5S/c27-19-9-17-13-31-14-18(10-19)26(17)32(29,30)20-4-1-15(2-5-20)11-24-22(28)16-3-6-21-23-7-8-25(21)12-16/h1-8,12,17-19,27H,9-11,13-14H2,(H,24,28)/t17-,18+,19?. The summed E-state index contributed by atoms with van der Waals surface area (Å²) in [5.74, 6) is -0.225. The van der Waals surface area contributed by atoms with Gasteiger partial charge in [-0.25, -0.2) is 13.4 Å². The fraction of sp³-hybridized carbons (Fsp3) is 0.364. The zero-order valence-corrected chi connectivity index (χ0v) is 18.1. The first-order valence-corrected chi connectivity index (χ1v) is 11.9. The van der Waals surface area contributed by atoms with E-state index in [4.69, 9.17) is 4.74 Å². The van der Waals surface area contributed by atoms with E-state index in [2.05, 4.69) is 10.3 Å². The Kier molecular flexibility index (Phi) is 5.46. The van der Waals surface area contributed by atoms with Gasteiger partial charge in [0.05, 0.1) is 41.9 Å². The maximum Gasteiger partial charge on any atom is 0.253 e. The highest BCUT2D eigenvalue weighted by Gasteiger charge is 2.45. The highest BCUT2D eigenvalue weighted by atomic mass is 32.2. The van der Waals surface area contributed by atoms with Gasteiger partial charge in [-0.05, 0) is 42.7 Å². The SMILES string of the molecule is O=C(NCc1ccc(S(=O)(=O)N2[C@@H]3COC[C@H]2CC(O)C3)cc1)c1ccc2nccn2c1. The molecule has 5 rings (SSSR count). The van der Waals surface area contributed by atoms with Crippen LogP contribution in [0.1, 0.15) is 28.8 Å². The van der Waals surface area contributed by atoms with Crippen LogP contribution < -0.4 is 5.32 Å². The number of sulfonamides is 1. The van der Waals surface area contributed by atoms with Crippen LogP contribution in [0.5, 0.6) is 0 Å². The Labute approximate surface area is 185 Å². The number of rotatable bonds is 5. The molecule has 0 aliphatic carbocycles. The molecule has 4 heterocycles. The van der Waals surface area contributed by atoms with Crippen molar-refractivity contribution in [2.75, 3.05) is 13.2 Å². The van der Waals surface area contributed by atoms with Gasteiger partial charge in [-0.1, -0.05) is 12.1 Å². The summed E-state index contributed by atoms with van der Waals surface area (Å²) in [5, 5.41) is 12.9. The van der Waals surface area contributed by atoms with Crippen molar-refractivity contribution in [3.05, 3.63) is 66.1 Å². The molecule has 2 bridgehead atoms. The first-order valence-electron chi connectivity index (χ1n) is 10.5. The summed E-state index contributed by atoms with van der Waals surface area (Å²) < 4.78 is 35.3. The van der Waals surface area contributed by atoms with Crippen molar-refractivity contribution in [1.29, 1.82) is 0 Å². The molecular formula is C22H24N4O5S. The Hall–Kier alpha value is -2.79. The average Bonchev–Trinajstić information content (AvgIpc) is 3.25. The number of amides is 1. The molecule has 2 saturated heterocycles. The van der Waals surface area contributed by atoms with Gasteiger partial charge in [-0.3, -0.25) is 4.79 Å². The van der Waals surface area contributed by atoms with Gasteiger partial charge in [0.15, 0.2) is 0 Å². The molecule has 3 aromatic rings. The summed E-state index contributed by atoms with van der Waals surface area (Å²) in [6, 6.07) is 9.32. The molecule has 9 nitrogen and oxygen atoms in total. The van der Waals surface area contributed by atoms with Crippen LogP contribution >= 0.6 is 0 Å². The monoisotopic (exact) mass is 456 g/mol. The summed E-state index contributed by atoms with van der Waals surface area (Å²) in [6.45, 7) is 0.861. The number of aliphatic hydroxyl groups is 1. The Morgan fingerprint density at radius 2 is 1.84 bits per heavy atom. The van der Waals surface area contributed by atoms with E-state index in [0.29, 0.717) is 31.6 Å². The minimum atomic E-state index is -3.70. The van der Waals surface area contributed by atoms with Gasteiger partial charge in [0, 0.05) is 25.1 Å². The van der Waals surface area contributed by atoms with E-state index >= 15 is 0 Å². The third-order valence-electron chi connectivity index (χ3n) is 6.03. The maximum atomic E-state index is 13.3. The minimum Gasteiger partial charge on any atom is -0.393 e. The van der Waals surface area contributed by atoms with Crippen molar-refractivity contribution in [1.82, 2.24) is 19.0 Å². The van der Waals surface area contributed by atoms with Crippen LogP contribution in [0.25, 0.3) is 5.65 Å². The second-order valence-electron chi connectivity index (χ2n) is 8.24. The number of ether oxygens (including phenoxy) is 1. The lowest BCUT2D eigenvalue weighted by atomic mass is 9.95. The third kappa shape index (κ3) is 3.90. The molecule has 1 unspecified atom stereocenters. The van der Waals surface area contributed by atoms with E-state index in [1.165, 1.54) is 4.31 Å². The van der Waals surface area contributed by atoms with E-state index in [-0.39, 0.29) is 29.4 Å². The second-order valence-corrected chi connectivity index (χ2v) is 10.1. The minimum absolute atomic E-state index is 0.200. The molecular weight excluding hydrogens is 432 g/mol. The summed E-state index contributed by atoms with van der Waals surface area (Å²) in [5.41, 5.74) is 2.06. The number of aliphatic hydroxyl groups excluding tert-OH is 1. The summed E-state index contributed by atoms with van der Waals surface area (Å²) in [4.78, 5) is 16.8. The molecule has 1 aromatic carbocycles. The molecule has 10 heteroatoms. The van der Waals surface area contributed by atoms with Crippen molar-refractivity contribution in [3.63, 3.8) is 0 Å². The lowest BCUT2D eigenvalue weighted by Gasteiger charge is -2.46. The Balaban J connectivity index is 1.27. The first-order chi connectivity index (χ1) is 15.4. The van der Waals surface area contributed by atoms with Crippen molar-refractivity contribution >= 4 is 21.6 Å². The number of nitrogens with zero attached hydrogens (tertiary/aromatic N) is 3. The number of carbonyl (C=O) groups is 1. The number of nitrogens with one attached hydrogen (secondary N) is 1. The molecule has 1 amide bonds. The molecule has 0 saturated carbocycles. The van der Waals surface area contributed by atoms with Gasteiger partial charge in [-0.2, -0.15) is 4.31 Å². The lowest BCUT2D eigenvalue weighted by Crippen LogP contribution is -2.59. The van der Waals surface area contributed by atoms with Crippen LogP contribution in [-0.4, -0.2) is 64.5 Å². The number of aromatic nitrogens is 2. The van der Waals surface area contributed by atoms with Crippen LogP contribution in [0.4, 0.5) is 0 Å². The maximum absolute atomic E-state index is 13.3. The van der Waals surface area contributed by atoms with Crippen molar-refractivity contribution in [2.24, 2.45) is 0 Å². The molecule has 2 aliphatic rings. The van der Waals surface area contributed by atoms with Gasteiger partial charge in [-0.15, -0.1) is 0 Å². The van der Waals surface area contributed by atoms with Crippen LogP contribution in [-0.2, 0) is 21.3 Å². The van der Waals surface area contributed by atoms with Gasteiger partial charge < -0.3 is 19.6 Å². The highest BCUT2D eigenvalue weighted by Crippen LogP contribution is 2.33. The van der Waals surface area contributed by atoms with Gasteiger partial charge in [0.2, 0.25) is 10.0 Å². The van der Waals surface area contributed by atoms with Crippen molar-refractivity contribution in [2.45, 2.75) is 42.5 Å². The van der Waals surface area contributed by atoms with Crippen LogP contribution in [0.3, 0.4) is 0 Å². The Morgan fingerprint density at radius 3 is 2.56 bits per heavy atom. The molecule has 0 spiro atoms. The molecule has 32 heavy (non-hydrogen) atoms. The molecule has 2 N–H and O–H groups in total. The molecule has 3 atom stereocenters. The second kappa shape index (κ2) is 8.28. The van der Waals surface area contributed by atoms with Gasteiger partial charge >= 0.3 is 0 Å². The number of morpholine rings is 1. The van der Waals surface area contributed by atoms with E-state index in [1.54, 1.807) is 59.4 Å². The highest BCUT2D eigenvalue weighted by molar-refractivity contribution is 7.89. The van der Waals surface area contributed by atoms with Crippen LogP contribution in [0.15, 0.2) is 59.9 Å². The lowest BCUT2D eigenvalue weighted by molar-refractivity contribution is -0.0666. The number of hydrogen-bond acceptors (Lipinski definition) is 6. The fourth-order valence-electron chi connectivity index (χ4n) is 4.49. The molecule has 2 fully saturated rings. The average molecular weight is 457 g/mol. The van der Waals surface area contributed by atoms with E-state index in [0.717, 1.165) is 11.2 Å². The van der Waals surface area contributed by atoms with Crippen molar-refractivity contribution < 1.29 is 23.1 Å². The Bertz CT molecular complexity index is 1230. The molecule has 2 aromatic heterocycles. The first kappa shape index (κ1) is 21.1. The number of carbonyl (C=O) groups excluding carboxylic acids is 1. The normalized spacial score (nSPS) is 23.8. The summed E-state index contributed by atoms with van der Waals surface area (Å²) in [6.07, 6.45) is 5.41. The smallest absolute Gasteiger partial charge is 0.253 e. The van der Waals surface area contributed by atoms with Gasteiger partial charge in [0.25, 0.3) is 5.91 Å². The van der Waals surface area contributed by atoms with Crippen LogP contribution in [0, 0.1) is 0 Å².